The number of carbonyl (C=O) groups excluding carboxylic acids is 1. The van der Waals surface area contributed by atoms with E-state index in [2.05, 4.69) is 27.6 Å². The zero-order valence-corrected chi connectivity index (χ0v) is 13.9. The van der Waals surface area contributed by atoms with E-state index in [4.69, 9.17) is 0 Å². The van der Waals surface area contributed by atoms with Crippen molar-refractivity contribution in [2.24, 2.45) is 5.41 Å². The lowest BCUT2D eigenvalue weighted by molar-refractivity contribution is -0.132. The lowest BCUT2D eigenvalue weighted by Crippen LogP contribution is -2.48. The van der Waals surface area contributed by atoms with Gasteiger partial charge in [-0.25, -0.2) is 9.67 Å². The molecular weight excluding hydrogens is 302 g/mol. The minimum absolute atomic E-state index is 0.179. The molecule has 0 spiro atoms. The summed E-state index contributed by atoms with van der Waals surface area (Å²) in [5.41, 5.74) is 1.75. The summed E-state index contributed by atoms with van der Waals surface area (Å²) in [5.74, 6) is 0.179. The number of nitrogens with one attached hydrogen (secondary N) is 2. The van der Waals surface area contributed by atoms with Crippen LogP contribution in [0.4, 0.5) is 0 Å². The maximum absolute atomic E-state index is 13.0. The van der Waals surface area contributed by atoms with Gasteiger partial charge < -0.3 is 10.6 Å². The Morgan fingerprint density at radius 2 is 2.29 bits per heavy atom. The quantitative estimate of drug-likeness (QED) is 0.879. The van der Waals surface area contributed by atoms with Crippen molar-refractivity contribution in [1.82, 2.24) is 25.4 Å². The number of hydrogen-bond acceptors (Lipinski definition) is 4. The summed E-state index contributed by atoms with van der Waals surface area (Å²) in [5, 5.41) is 11.0. The third-order valence-corrected chi connectivity index (χ3v) is 5.70. The second kappa shape index (κ2) is 6.02. The Morgan fingerprint density at radius 1 is 1.42 bits per heavy atom. The van der Waals surface area contributed by atoms with Gasteiger partial charge in [-0.1, -0.05) is 25.1 Å². The summed E-state index contributed by atoms with van der Waals surface area (Å²) < 4.78 is 1.73. The maximum atomic E-state index is 13.0. The smallest absolute Gasteiger partial charge is 0.228 e. The summed E-state index contributed by atoms with van der Waals surface area (Å²) in [4.78, 5) is 17.0. The number of benzene rings is 1. The molecule has 0 radical (unpaired) electrons. The number of hydrogen-bond donors (Lipinski definition) is 2. The fraction of sp³-hybridized carbons (Fsp3) is 0.500. The van der Waals surface area contributed by atoms with E-state index >= 15 is 0 Å². The minimum atomic E-state index is -0.245. The second-order valence-electron chi connectivity index (χ2n) is 6.86. The van der Waals surface area contributed by atoms with Gasteiger partial charge in [-0.3, -0.25) is 4.79 Å². The fourth-order valence-electron chi connectivity index (χ4n) is 4.37. The lowest BCUT2D eigenvalue weighted by atomic mass is 9.71. The van der Waals surface area contributed by atoms with Crippen LogP contribution in [-0.2, 0) is 11.3 Å². The Kier molecular flexibility index (Phi) is 3.84. The zero-order valence-electron chi connectivity index (χ0n) is 13.9. The monoisotopic (exact) mass is 325 g/mol. The summed E-state index contributed by atoms with van der Waals surface area (Å²) in [6, 6.07) is 8.81. The van der Waals surface area contributed by atoms with Crippen LogP contribution in [0.2, 0.25) is 0 Å². The second-order valence-corrected chi connectivity index (χ2v) is 6.86. The van der Waals surface area contributed by atoms with E-state index in [-0.39, 0.29) is 11.3 Å². The third kappa shape index (κ3) is 2.41. The van der Waals surface area contributed by atoms with Gasteiger partial charge in [0.25, 0.3) is 0 Å². The summed E-state index contributed by atoms with van der Waals surface area (Å²) in [7, 11) is 0. The Labute approximate surface area is 141 Å². The molecule has 0 aliphatic carbocycles. The van der Waals surface area contributed by atoms with Crippen molar-refractivity contribution in [2.75, 3.05) is 0 Å². The van der Waals surface area contributed by atoms with Crippen LogP contribution >= 0.6 is 0 Å². The van der Waals surface area contributed by atoms with E-state index < -0.39 is 0 Å². The molecule has 2 saturated heterocycles. The standard InChI is InChI=1S/C18H23N5O/c1-2-18(9-14-7-8-16(18)22-14)17(24)20-10-13-5-3-4-6-15(13)23-12-19-11-21-23/h3-6,11-12,14,16,22H,2,7-10H2,1H3,(H,20,24)/t14-,16+,18+/m0/s1. The maximum Gasteiger partial charge on any atom is 0.228 e. The van der Waals surface area contributed by atoms with Crippen molar-refractivity contribution < 1.29 is 4.79 Å². The highest BCUT2D eigenvalue weighted by molar-refractivity contribution is 5.84. The fourth-order valence-corrected chi connectivity index (χ4v) is 4.37. The summed E-state index contributed by atoms with van der Waals surface area (Å²) in [6.07, 6.45) is 7.36. The molecule has 1 amide bonds. The van der Waals surface area contributed by atoms with Crippen LogP contribution in [0.25, 0.3) is 5.69 Å². The van der Waals surface area contributed by atoms with E-state index in [1.54, 1.807) is 11.0 Å². The molecule has 4 rings (SSSR count). The van der Waals surface area contributed by atoms with E-state index in [0.29, 0.717) is 18.6 Å². The topological polar surface area (TPSA) is 71.8 Å². The van der Waals surface area contributed by atoms with Crippen molar-refractivity contribution in [3.63, 3.8) is 0 Å². The van der Waals surface area contributed by atoms with E-state index in [1.807, 2.05) is 24.3 Å². The van der Waals surface area contributed by atoms with E-state index in [0.717, 1.165) is 30.5 Å². The number of para-hydroxylation sites is 1. The molecule has 6 heteroatoms. The first-order valence-corrected chi connectivity index (χ1v) is 8.70. The molecule has 3 heterocycles. The SMILES string of the molecule is CC[C@@]1(C(=O)NCc2ccccc2-n2cncn2)C[C@@H]2CC[C@H]1N2. The molecule has 6 nitrogen and oxygen atoms in total. The Morgan fingerprint density at radius 3 is 2.96 bits per heavy atom. The number of nitrogens with zero attached hydrogens (tertiary/aromatic N) is 3. The Hall–Kier alpha value is -2.21. The van der Waals surface area contributed by atoms with Gasteiger partial charge in [-0.15, -0.1) is 0 Å². The molecule has 2 aliphatic heterocycles. The van der Waals surface area contributed by atoms with Crippen molar-refractivity contribution in [2.45, 2.75) is 51.2 Å². The molecule has 3 atom stereocenters. The van der Waals surface area contributed by atoms with Gasteiger partial charge in [-0.05, 0) is 37.3 Å². The predicted octanol–water partition coefficient (Wildman–Crippen LogP) is 1.80. The highest BCUT2D eigenvalue weighted by Crippen LogP contribution is 2.45. The predicted molar refractivity (Wildman–Crippen MR) is 90.5 cm³/mol. The first-order chi connectivity index (χ1) is 11.7. The van der Waals surface area contributed by atoms with Crippen molar-refractivity contribution in [3.05, 3.63) is 42.5 Å². The zero-order chi connectivity index (χ0) is 16.6. The number of aromatic nitrogens is 3. The number of fused-ring (bicyclic) bond motifs is 2. The molecule has 2 bridgehead atoms. The number of rotatable bonds is 5. The third-order valence-electron chi connectivity index (χ3n) is 5.70. The summed E-state index contributed by atoms with van der Waals surface area (Å²) >= 11 is 0. The van der Waals surface area contributed by atoms with Gasteiger partial charge in [0, 0.05) is 18.6 Å². The average Bonchev–Trinajstić information content (AvgIpc) is 3.36. The number of amides is 1. The summed E-state index contributed by atoms with van der Waals surface area (Å²) in [6.45, 7) is 2.64. The molecule has 2 aliphatic rings. The normalized spacial score (nSPS) is 28.2. The molecule has 1 aromatic carbocycles. The molecule has 2 fully saturated rings. The Bertz CT molecular complexity index is 729. The minimum Gasteiger partial charge on any atom is -0.351 e. The van der Waals surface area contributed by atoms with Gasteiger partial charge in [0.15, 0.2) is 0 Å². The lowest BCUT2D eigenvalue weighted by Gasteiger charge is -2.34. The van der Waals surface area contributed by atoms with Gasteiger partial charge >= 0.3 is 0 Å². The molecule has 0 saturated carbocycles. The molecule has 126 valence electrons. The van der Waals surface area contributed by atoms with Crippen LogP contribution in [-0.4, -0.2) is 32.8 Å². The molecular formula is C18H23N5O. The van der Waals surface area contributed by atoms with Crippen molar-refractivity contribution in [1.29, 1.82) is 0 Å². The van der Waals surface area contributed by atoms with Gasteiger partial charge in [0.1, 0.15) is 12.7 Å². The molecule has 2 aromatic rings. The highest BCUT2D eigenvalue weighted by atomic mass is 16.2. The number of carbonyl (C=O) groups is 1. The molecule has 1 aromatic heterocycles. The Balaban J connectivity index is 1.51. The largest absolute Gasteiger partial charge is 0.351 e. The van der Waals surface area contributed by atoms with E-state index in [9.17, 15) is 4.79 Å². The van der Waals surface area contributed by atoms with Crippen LogP contribution in [0.15, 0.2) is 36.9 Å². The van der Waals surface area contributed by atoms with Gasteiger partial charge in [0.2, 0.25) is 5.91 Å². The highest BCUT2D eigenvalue weighted by Gasteiger charge is 2.54. The van der Waals surface area contributed by atoms with Crippen LogP contribution < -0.4 is 10.6 Å². The van der Waals surface area contributed by atoms with Crippen molar-refractivity contribution >= 4 is 5.91 Å². The van der Waals surface area contributed by atoms with Gasteiger partial charge in [0.05, 0.1) is 11.1 Å². The molecule has 2 N–H and O–H groups in total. The average molecular weight is 325 g/mol. The van der Waals surface area contributed by atoms with Gasteiger partial charge in [-0.2, -0.15) is 5.10 Å². The van der Waals surface area contributed by atoms with Crippen LogP contribution in [0.3, 0.4) is 0 Å². The molecule has 24 heavy (non-hydrogen) atoms. The van der Waals surface area contributed by atoms with Crippen LogP contribution in [0.5, 0.6) is 0 Å². The first kappa shape index (κ1) is 15.3. The van der Waals surface area contributed by atoms with E-state index in [1.165, 1.54) is 12.7 Å². The van der Waals surface area contributed by atoms with Crippen LogP contribution in [0, 0.1) is 5.41 Å². The van der Waals surface area contributed by atoms with Crippen LogP contribution in [0.1, 0.15) is 38.2 Å². The first-order valence-electron chi connectivity index (χ1n) is 8.70. The van der Waals surface area contributed by atoms with Crippen molar-refractivity contribution in [3.8, 4) is 5.69 Å². The molecule has 0 unspecified atom stereocenters.